The number of aromatic nitrogens is 2. The molecule has 0 radical (unpaired) electrons. The summed E-state index contributed by atoms with van der Waals surface area (Å²) in [5, 5.41) is 16.7. The average Bonchev–Trinajstić information content (AvgIpc) is 3.35. The Hall–Kier alpha value is -2.89. The van der Waals surface area contributed by atoms with E-state index >= 15 is 0 Å². The minimum absolute atomic E-state index is 0.0727. The molecule has 1 aromatic heterocycles. The maximum absolute atomic E-state index is 13.5. The summed E-state index contributed by atoms with van der Waals surface area (Å²) in [5.74, 6) is -5.94. The molecule has 3 aliphatic carbocycles. The van der Waals surface area contributed by atoms with Crippen LogP contribution in [0.3, 0.4) is 0 Å². The normalized spacial score (nSPS) is 25.3. The Labute approximate surface area is 209 Å². The molecule has 1 amide bonds. The highest BCUT2D eigenvalue weighted by atomic mass is 35.5. The van der Waals surface area contributed by atoms with Crippen LogP contribution < -0.4 is 5.32 Å². The zero-order valence-corrected chi connectivity index (χ0v) is 20.2. The van der Waals surface area contributed by atoms with Crippen molar-refractivity contribution in [2.24, 2.45) is 11.8 Å². The Bertz CT molecular complexity index is 1410. The summed E-state index contributed by atoms with van der Waals surface area (Å²) < 4.78 is 68.8. The molecule has 36 heavy (non-hydrogen) atoms. The van der Waals surface area contributed by atoms with Gasteiger partial charge < -0.3 is 10.4 Å². The van der Waals surface area contributed by atoms with Gasteiger partial charge in [-0.05, 0) is 55.4 Å². The summed E-state index contributed by atoms with van der Waals surface area (Å²) in [6, 6.07) is 6.62. The number of nitrogens with zero attached hydrogens (tertiary/aromatic N) is 2. The highest BCUT2D eigenvalue weighted by Crippen LogP contribution is 2.56. The fraction of sp³-hybridized carbons (Fsp3) is 0.333. The van der Waals surface area contributed by atoms with E-state index in [2.05, 4.69) is 10.4 Å². The third kappa shape index (κ3) is 4.18. The van der Waals surface area contributed by atoms with Gasteiger partial charge in [-0.25, -0.2) is 21.6 Å². The number of anilines is 1. The fourth-order valence-corrected chi connectivity index (χ4v) is 7.70. The third-order valence-electron chi connectivity index (χ3n) is 7.23. The Morgan fingerprint density at radius 2 is 1.81 bits per heavy atom. The molecule has 3 saturated carbocycles. The minimum atomic E-state index is -3.97. The van der Waals surface area contributed by atoms with Crippen molar-refractivity contribution in [3.63, 3.8) is 0 Å². The molecule has 6 rings (SSSR count). The van der Waals surface area contributed by atoms with E-state index in [0.29, 0.717) is 18.6 Å². The quantitative estimate of drug-likeness (QED) is 0.457. The second-order valence-corrected chi connectivity index (χ2v) is 11.9. The van der Waals surface area contributed by atoms with Gasteiger partial charge in [0.1, 0.15) is 0 Å². The number of halogens is 4. The lowest BCUT2D eigenvalue weighted by atomic mass is 9.53. The molecule has 3 aromatic rings. The number of amides is 1. The second-order valence-electron chi connectivity index (χ2n) is 9.32. The Balaban J connectivity index is 1.35. The van der Waals surface area contributed by atoms with E-state index in [4.69, 9.17) is 11.6 Å². The van der Waals surface area contributed by atoms with Crippen molar-refractivity contribution in [3.8, 4) is 0 Å². The number of carbonyl (C=O) groups excluding carboxylic acids is 1. The highest BCUT2D eigenvalue weighted by Gasteiger charge is 2.60. The van der Waals surface area contributed by atoms with Crippen molar-refractivity contribution in [1.82, 2.24) is 9.78 Å². The standard InChI is InChI=1S/C24H21ClF3N3O4S/c25-18-3-2-13(23(32)30-16-10-19(26)22(28)20(27)11-16)6-21(18)36(34,35)17-8-14-7-15(9-17)24(14,33)12-31-5-1-4-29-31/h1-6,10-11,14-15,17,33H,7-9,12H2,(H,30,32)/t14?,15?,17-,24+. The van der Waals surface area contributed by atoms with Gasteiger partial charge in [0.05, 0.1) is 27.3 Å². The van der Waals surface area contributed by atoms with Crippen LogP contribution in [0.4, 0.5) is 18.9 Å². The molecule has 0 spiro atoms. The largest absolute Gasteiger partial charge is 0.387 e. The number of benzene rings is 2. The number of sulfone groups is 1. The van der Waals surface area contributed by atoms with E-state index < -0.39 is 44.0 Å². The van der Waals surface area contributed by atoms with Gasteiger partial charge in [-0.3, -0.25) is 9.48 Å². The van der Waals surface area contributed by atoms with Gasteiger partial charge in [0, 0.05) is 35.8 Å². The molecule has 3 fully saturated rings. The van der Waals surface area contributed by atoms with Crippen molar-refractivity contribution in [2.75, 3.05) is 5.32 Å². The lowest BCUT2D eigenvalue weighted by molar-refractivity contribution is -0.185. The molecule has 12 heteroatoms. The maximum atomic E-state index is 13.5. The molecule has 2 aromatic carbocycles. The van der Waals surface area contributed by atoms with Crippen molar-refractivity contribution in [2.45, 2.75) is 41.6 Å². The Morgan fingerprint density at radius 3 is 2.42 bits per heavy atom. The molecule has 2 atom stereocenters. The van der Waals surface area contributed by atoms with E-state index in [0.717, 1.165) is 6.07 Å². The van der Waals surface area contributed by atoms with E-state index in [1.807, 2.05) is 0 Å². The van der Waals surface area contributed by atoms with Crippen molar-refractivity contribution in [3.05, 3.63) is 76.8 Å². The van der Waals surface area contributed by atoms with Gasteiger partial charge in [-0.1, -0.05) is 11.6 Å². The molecule has 190 valence electrons. The molecule has 2 bridgehead atoms. The van der Waals surface area contributed by atoms with Gasteiger partial charge >= 0.3 is 0 Å². The topological polar surface area (TPSA) is 101 Å². The fourth-order valence-electron chi connectivity index (χ4n) is 5.29. The summed E-state index contributed by atoms with van der Waals surface area (Å²) in [6.45, 7) is 0.281. The number of carbonyl (C=O) groups is 1. The highest BCUT2D eigenvalue weighted by molar-refractivity contribution is 7.92. The first-order chi connectivity index (χ1) is 17.0. The SMILES string of the molecule is O=C(Nc1cc(F)c(F)c(F)c1)c1ccc(Cl)c(S(=O)(=O)[C@H]2CC3CC(C2)[C@@]3(O)Cn2cccn2)c1. The Morgan fingerprint density at radius 1 is 1.14 bits per heavy atom. The number of fused-ring (bicyclic) bond motifs is 2. The van der Waals surface area contributed by atoms with Crippen LogP contribution in [0.2, 0.25) is 5.02 Å². The van der Waals surface area contributed by atoms with Gasteiger partial charge in [0.25, 0.3) is 5.91 Å². The zero-order valence-electron chi connectivity index (χ0n) is 18.7. The molecule has 7 nitrogen and oxygen atoms in total. The van der Waals surface area contributed by atoms with Crippen LogP contribution in [0, 0.1) is 29.3 Å². The van der Waals surface area contributed by atoms with Gasteiger partial charge in [0.15, 0.2) is 27.3 Å². The van der Waals surface area contributed by atoms with Gasteiger partial charge in [-0.15, -0.1) is 0 Å². The summed E-state index contributed by atoms with van der Waals surface area (Å²) in [6.07, 6.45) is 4.53. The van der Waals surface area contributed by atoms with Crippen LogP contribution in [0.15, 0.2) is 53.7 Å². The predicted molar refractivity (Wildman–Crippen MR) is 125 cm³/mol. The van der Waals surface area contributed by atoms with Crippen LogP contribution >= 0.6 is 11.6 Å². The summed E-state index contributed by atoms with van der Waals surface area (Å²) in [7, 11) is -3.97. The molecule has 3 aliphatic rings. The van der Waals surface area contributed by atoms with E-state index in [1.54, 1.807) is 23.1 Å². The molecule has 0 aliphatic heterocycles. The first-order valence-electron chi connectivity index (χ1n) is 11.2. The maximum Gasteiger partial charge on any atom is 0.255 e. The Kier molecular flexibility index (Phi) is 6.12. The monoisotopic (exact) mass is 539 g/mol. The summed E-state index contributed by atoms with van der Waals surface area (Å²) in [5.41, 5.74) is -1.48. The van der Waals surface area contributed by atoms with Gasteiger partial charge in [0.2, 0.25) is 0 Å². The van der Waals surface area contributed by atoms with Crippen molar-refractivity contribution >= 4 is 33.0 Å². The van der Waals surface area contributed by atoms with Crippen LogP contribution in [-0.2, 0) is 16.4 Å². The second kappa shape index (κ2) is 8.89. The molecular formula is C24H21ClF3N3O4S. The molecule has 2 N–H and O–H groups in total. The molecule has 0 saturated heterocycles. The van der Waals surface area contributed by atoms with Crippen LogP contribution in [0.1, 0.15) is 29.6 Å². The predicted octanol–water partition coefficient (Wildman–Crippen LogP) is 4.21. The lowest BCUT2D eigenvalue weighted by Crippen LogP contribution is -2.63. The first-order valence-corrected chi connectivity index (χ1v) is 13.1. The molecular weight excluding hydrogens is 519 g/mol. The van der Waals surface area contributed by atoms with Gasteiger partial charge in [-0.2, -0.15) is 5.10 Å². The van der Waals surface area contributed by atoms with Crippen molar-refractivity contribution < 1.29 is 31.5 Å². The smallest absolute Gasteiger partial charge is 0.255 e. The summed E-state index contributed by atoms with van der Waals surface area (Å²) in [4.78, 5) is 12.4. The number of rotatable bonds is 6. The minimum Gasteiger partial charge on any atom is -0.387 e. The van der Waals surface area contributed by atoms with E-state index in [9.17, 15) is 31.5 Å². The van der Waals surface area contributed by atoms with E-state index in [-0.39, 0.29) is 52.4 Å². The van der Waals surface area contributed by atoms with Crippen molar-refractivity contribution in [1.29, 1.82) is 0 Å². The third-order valence-corrected chi connectivity index (χ3v) is 9.89. The first kappa shape index (κ1) is 24.8. The van der Waals surface area contributed by atoms with Crippen LogP contribution in [0.25, 0.3) is 0 Å². The number of hydrogen-bond donors (Lipinski definition) is 2. The summed E-state index contributed by atoms with van der Waals surface area (Å²) >= 11 is 6.21. The molecule has 1 heterocycles. The number of hydrogen-bond acceptors (Lipinski definition) is 5. The van der Waals surface area contributed by atoms with Crippen LogP contribution in [-0.4, -0.2) is 40.1 Å². The van der Waals surface area contributed by atoms with Crippen LogP contribution in [0.5, 0.6) is 0 Å². The lowest BCUT2D eigenvalue weighted by Gasteiger charge is -2.58. The average molecular weight is 540 g/mol. The zero-order chi connectivity index (χ0) is 25.8. The van der Waals surface area contributed by atoms with E-state index in [1.165, 1.54) is 12.1 Å². The molecule has 2 unspecified atom stereocenters. The number of nitrogens with one attached hydrogen (secondary N) is 1. The number of aliphatic hydroxyl groups is 1.